The lowest BCUT2D eigenvalue weighted by molar-refractivity contribution is -0.119. The van der Waals surface area contributed by atoms with E-state index in [1.54, 1.807) is 0 Å². The molecule has 1 aromatic heterocycles. The van der Waals surface area contributed by atoms with Gasteiger partial charge in [0.05, 0.1) is 18.4 Å². The molecule has 4 rings (SSSR count). The van der Waals surface area contributed by atoms with E-state index in [0.717, 1.165) is 22.4 Å². The summed E-state index contributed by atoms with van der Waals surface area (Å²) in [5, 5.41) is 12.0. The minimum atomic E-state index is -0.133. The van der Waals surface area contributed by atoms with E-state index >= 15 is 0 Å². The molecule has 0 aliphatic rings. The summed E-state index contributed by atoms with van der Waals surface area (Å²) < 4.78 is 6.88. The summed E-state index contributed by atoms with van der Waals surface area (Å²) in [7, 11) is 0. The fourth-order valence-electron chi connectivity index (χ4n) is 3.59. The van der Waals surface area contributed by atoms with Gasteiger partial charge in [-0.05, 0) is 48.7 Å². The van der Waals surface area contributed by atoms with Crippen LogP contribution in [0.5, 0.6) is 5.75 Å². The van der Waals surface area contributed by atoms with Crippen molar-refractivity contribution in [1.29, 1.82) is 0 Å². The maximum atomic E-state index is 12.8. The van der Waals surface area contributed by atoms with Crippen molar-refractivity contribution < 1.29 is 9.53 Å². The van der Waals surface area contributed by atoms with Gasteiger partial charge in [-0.15, -0.1) is 10.2 Å². The first-order valence-electron chi connectivity index (χ1n) is 11.1. The molecule has 7 nitrogen and oxygen atoms in total. The lowest BCUT2D eigenvalue weighted by Crippen LogP contribution is -2.31. The van der Waals surface area contributed by atoms with Gasteiger partial charge in [-0.25, -0.2) is 4.68 Å². The zero-order chi connectivity index (χ0) is 23.8. The second kappa shape index (κ2) is 11.4. The molecule has 34 heavy (non-hydrogen) atoms. The predicted molar refractivity (Wildman–Crippen MR) is 135 cm³/mol. The smallest absolute Gasteiger partial charge is 0.230 e. The van der Waals surface area contributed by atoms with Crippen molar-refractivity contribution in [3.05, 3.63) is 96.1 Å². The van der Waals surface area contributed by atoms with E-state index in [9.17, 15) is 4.79 Å². The SMILES string of the molecule is CCOc1ccc(-c2nnc(SCC(=O)NC(Cc3ccccc3)c3ccccc3)n2N)cc1. The van der Waals surface area contributed by atoms with Crippen molar-refractivity contribution in [3.8, 4) is 17.1 Å². The highest BCUT2D eigenvalue weighted by atomic mass is 32.2. The number of carbonyl (C=O) groups excluding carboxylic acids is 1. The van der Waals surface area contributed by atoms with E-state index in [-0.39, 0.29) is 17.7 Å². The van der Waals surface area contributed by atoms with Crippen molar-refractivity contribution in [1.82, 2.24) is 20.2 Å². The third kappa shape index (κ3) is 5.96. The number of hydrogen-bond donors (Lipinski definition) is 2. The van der Waals surface area contributed by atoms with Crippen molar-refractivity contribution >= 4 is 17.7 Å². The van der Waals surface area contributed by atoms with Gasteiger partial charge >= 0.3 is 0 Å². The summed E-state index contributed by atoms with van der Waals surface area (Å²) in [5.41, 5.74) is 3.04. The number of nitrogens with two attached hydrogens (primary N) is 1. The van der Waals surface area contributed by atoms with E-state index < -0.39 is 0 Å². The summed E-state index contributed by atoms with van der Waals surface area (Å²) >= 11 is 1.25. The van der Waals surface area contributed by atoms with E-state index in [4.69, 9.17) is 10.6 Å². The third-order valence-electron chi connectivity index (χ3n) is 5.24. The van der Waals surface area contributed by atoms with Crippen molar-refractivity contribution in [2.45, 2.75) is 24.5 Å². The molecule has 174 valence electrons. The molecule has 0 saturated heterocycles. The van der Waals surface area contributed by atoms with Gasteiger partial charge < -0.3 is 15.9 Å². The molecule has 1 unspecified atom stereocenters. The Morgan fingerprint density at radius 2 is 1.68 bits per heavy atom. The van der Waals surface area contributed by atoms with Crippen molar-refractivity contribution in [2.75, 3.05) is 18.2 Å². The van der Waals surface area contributed by atoms with Crippen LogP contribution in [0.15, 0.2) is 90.1 Å². The first-order valence-corrected chi connectivity index (χ1v) is 12.1. The number of amides is 1. The van der Waals surface area contributed by atoms with E-state index in [0.29, 0.717) is 24.0 Å². The molecule has 8 heteroatoms. The summed E-state index contributed by atoms with van der Waals surface area (Å²) in [4.78, 5) is 12.8. The molecule has 1 atom stereocenters. The molecule has 0 radical (unpaired) electrons. The second-order valence-electron chi connectivity index (χ2n) is 7.64. The van der Waals surface area contributed by atoms with Gasteiger partial charge in [0.1, 0.15) is 5.75 Å². The minimum Gasteiger partial charge on any atom is -0.494 e. The Morgan fingerprint density at radius 3 is 2.35 bits per heavy atom. The molecule has 0 aliphatic heterocycles. The second-order valence-corrected chi connectivity index (χ2v) is 8.59. The van der Waals surface area contributed by atoms with Crippen LogP contribution in [0.3, 0.4) is 0 Å². The number of hydrogen-bond acceptors (Lipinski definition) is 6. The summed E-state index contributed by atoms with van der Waals surface area (Å²) in [6, 6.07) is 27.5. The summed E-state index contributed by atoms with van der Waals surface area (Å²) in [5.74, 6) is 7.61. The Labute approximate surface area is 203 Å². The number of ether oxygens (including phenoxy) is 1. The Morgan fingerprint density at radius 1 is 1.00 bits per heavy atom. The van der Waals surface area contributed by atoms with Gasteiger partial charge in [-0.3, -0.25) is 4.79 Å². The molecule has 3 N–H and O–H groups in total. The molecule has 3 aromatic carbocycles. The number of nitrogens with zero attached hydrogens (tertiary/aromatic N) is 3. The lowest BCUT2D eigenvalue weighted by Gasteiger charge is -2.19. The maximum Gasteiger partial charge on any atom is 0.230 e. The number of carbonyl (C=O) groups is 1. The molecule has 0 aliphatic carbocycles. The van der Waals surface area contributed by atoms with Crippen LogP contribution >= 0.6 is 11.8 Å². The highest BCUT2D eigenvalue weighted by Crippen LogP contribution is 2.24. The maximum absolute atomic E-state index is 12.8. The lowest BCUT2D eigenvalue weighted by atomic mass is 9.99. The molecule has 1 heterocycles. The quantitative estimate of drug-likeness (QED) is 0.264. The van der Waals surface area contributed by atoms with Crippen LogP contribution in [0, 0.1) is 0 Å². The molecule has 4 aromatic rings. The Kier molecular flexibility index (Phi) is 7.83. The number of nitrogen functional groups attached to an aromatic ring is 1. The van der Waals surface area contributed by atoms with Crippen LogP contribution in [0.4, 0.5) is 0 Å². The van der Waals surface area contributed by atoms with Crippen LogP contribution < -0.4 is 15.9 Å². The number of thioether (sulfide) groups is 1. The Bertz CT molecular complexity index is 1200. The van der Waals surface area contributed by atoms with E-state index in [1.165, 1.54) is 16.4 Å². The Balaban J connectivity index is 1.40. The van der Waals surface area contributed by atoms with Gasteiger partial charge in [0.25, 0.3) is 0 Å². The van der Waals surface area contributed by atoms with Crippen molar-refractivity contribution in [2.24, 2.45) is 0 Å². The number of rotatable bonds is 10. The average Bonchev–Trinajstić information content (AvgIpc) is 3.24. The monoisotopic (exact) mass is 473 g/mol. The fraction of sp³-hybridized carbons (Fsp3) is 0.192. The van der Waals surface area contributed by atoms with Crippen LogP contribution in [-0.4, -0.2) is 33.1 Å². The fourth-order valence-corrected chi connectivity index (χ4v) is 4.26. The van der Waals surface area contributed by atoms with Crippen LogP contribution in [0.1, 0.15) is 24.1 Å². The molecule has 0 saturated carbocycles. The van der Waals surface area contributed by atoms with Crippen LogP contribution in [0.25, 0.3) is 11.4 Å². The average molecular weight is 474 g/mol. The summed E-state index contributed by atoms with van der Waals surface area (Å²) in [6.07, 6.45) is 0.705. The molecular weight excluding hydrogens is 446 g/mol. The topological polar surface area (TPSA) is 95.1 Å². The van der Waals surface area contributed by atoms with Gasteiger partial charge in [-0.2, -0.15) is 0 Å². The predicted octanol–water partition coefficient (Wildman–Crippen LogP) is 4.25. The first kappa shape index (κ1) is 23.4. The van der Waals surface area contributed by atoms with Crippen LogP contribution in [0.2, 0.25) is 0 Å². The number of aromatic nitrogens is 3. The number of benzene rings is 3. The molecule has 1 amide bonds. The third-order valence-corrected chi connectivity index (χ3v) is 6.18. The van der Waals surface area contributed by atoms with Gasteiger partial charge in [-0.1, -0.05) is 72.4 Å². The molecular formula is C26H27N5O2S. The molecule has 0 fully saturated rings. The van der Waals surface area contributed by atoms with Gasteiger partial charge in [0, 0.05) is 5.56 Å². The summed E-state index contributed by atoms with van der Waals surface area (Å²) in [6.45, 7) is 2.54. The Hall–Kier alpha value is -3.78. The normalized spacial score (nSPS) is 11.7. The van der Waals surface area contributed by atoms with Gasteiger partial charge in [0.15, 0.2) is 5.82 Å². The van der Waals surface area contributed by atoms with E-state index in [2.05, 4.69) is 27.6 Å². The zero-order valence-corrected chi connectivity index (χ0v) is 19.7. The first-order chi connectivity index (χ1) is 16.6. The van der Waals surface area contributed by atoms with Gasteiger partial charge in [0.2, 0.25) is 11.1 Å². The van der Waals surface area contributed by atoms with Crippen molar-refractivity contribution in [3.63, 3.8) is 0 Å². The standard InChI is InChI=1S/C26H27N5O2S/c1-2-33-22-15-13-21(14-16-22)25-29-30-26(31(25)27)34-18-24(32)28-23(20-11-7-4-8-12-20)17-19-9-5-3-6-10-19/h3-16,23H,2,17-18,27H2,1H3,(H,28,32). The molecule has 0 bridgehead atoms. The minimum absolute atomic E-state index is 0.0969. The number of nitrogens with one attached hydrogen (secondary N) is 1. The molecule has 0 spiro atoms. The van der Waals surface area contributed by atoms with E-state index in [1.807, 2.05) is 79.7 Å². The highest BCUT2D eigenvalue weighted by molar-refractivity contribution is 7.99. The zero-order valence-electron chi connectivity index (χ0n) is 18.9. The largest absolute Gasteiger partial charge is 0.494 e. The van der Waals surface area contributed by atoms with Crippen LogP contribution in [-0.2, 0) is 11.2 Å². The highest BCUT2D eigenvalue weighted by Gasteiger charge is 2.18.